The Hall–Kier alpha value is -0.860. The second-order valence-electron chi connectivity index (χ2n) is 5.69. The van der Waals surface area contributed by atoms with E-state index in [2.05, 4.69) is 43.9 Å². The van der Waals surface area contributed by atoms with Crippen molar-refractivity contribution in [2.45, 2.75) is 45.6 Å². The fourth-order valence-electron chi connectivity index (χ4n) is 3.29. The zero-order chi connectivity index (χ0) is 13.1. The summed E-state index contributed by atoms with van der Waals surface area (Å²) in [4.78, 5) is 2.57. The summed E-state index contributed by atoms with van der Waals surface area (Å²) >= 11 is 0. The van der Waals surface area contributed by atoms with Crippen LogP contribution in [0.25, 0.3) is 0 Å². The summed E-state index contributed by atoms with van der Waals surface area (Å²) in [6, 6.07) is 7.28. The molecule has 1 aromatic rings. The van der Waals surface area contributed by atoms with E-state index in [4.69, 9.17) is 5.73 Å². The number of rotatable bonds is 4. The number of nitrogens with zero attached hydrogens (tertiary/aromatic N) is 1. The Bertz CT molecular complexity index is 394. The molecule has 2 nitrogen and oxygen atoms in total. The predicted molar refractivity (Wildman–Crippen MR) is 78.0 cm³/mol. The van der Waals surface area contributed by atoms with Gasteiger partial charge in [0, 0.05) is 12.6 Å². The van der Waals surface area contributed by atoms with Gasteiger partial charge in [-0.05, 0) is 56.8 Å². The second kappa shape index (κ2) is 5.85. The number of hydrogen-bond donors (Lipinski definition) is 1. The standard InChI is InChI=1S/C16H26N2/c1-12-6-7-15(13(2)10-12)14(3)16(11-17)18-8-4-5-9-18/h6-7,10,14,16H,4-5,8-9,11,17H2,1-3H3. The third kappa shape index (κ3) is 2.76. The van der Waals surface area contributed by atoms with E-state index in [1.165, 1.54) is 42.6 Å². The summed E-state index contributed by atoms with van der Waals surface area (Å²) in [6.07, 6.45) is 2.66. The molecule has 0 spiro atoms. The van der Waals surface area contributed by atoms with Crippen molar-refractivity contribution >= 4 is 0 Å². The van der Waals surface area contributed by atoms with Gasteiger partial charge < -0.3 is 5.73 Å². The number of hydrogen-bond acceptors (Lipinski definition) is 2. The molecule has 1 aliphatic rings. The average Bonchev–Trinajstić information content (AvgIpc) is 2.83. The van der Waals surface area contributed by atoms with E-state index in [1.807, 2.05) is 0 Å². The van der Waals surface area contributed by atoms with E-state index < -0.39 is 0 Å². The van der Waals surface area contributed by atoms with Crippen molar-refractivity contribution in [3.63, 3.8) is 0 Å². The Balaban J connectivity index is 2.19. The Morgan fingerprint density at radius 3 is 2.44 bits per heavy atom. The molecule has 18 heavy (non-hydrogen) atoms. The number of nitrogens with two attached hydrogens (primary N) is 1. The van der Waals surface area contributed by atoms with Crippen LogP contribution in [0.5, 0.6) is 0 Å². The zero-order valence-corrected chi connectivity index (χ0v) is 11.9. The molecule has 0 aliphatic carbocycles. The summed E-state index contributed by atoms with van der Waals surface area (Å²) < 4.78 is 0. The molecule has 1 fully saturated rings. The van der Waals surface area contributed by atoms with Gasteiger partial charge in [-0.25, -0.2) is 0 Å². The number of benzene rings is 1. The summed E-state index contributed by atoms with van der Waals surface area (Å²) in [6.45, 7) is 9.90. The minimum atomic E-state index is 0.494. The van der Waals surface area contributed by atoms with E-state index >= 15 is 0 Å². The minimum absolute atomic E-state index is 0.494. The van der Waals surface area contributed by atoms with Crippen molar-refractivity contribution in [3.8, 4) is 0 Å². The molecule has 2 N–H and O–H groups in total. The fourth-order valence-corrected chi connectivity index (χ4v) is 3.29. The van der Waals surface area contributed by atoms with Crippen molar-refractivity contribution in [2.24, 2.45) is 5.73 Å². The van der Waals surface area contributed by atoms with Gasteiger partial charge in [0.05, 0.1) is 0 Å². The van der Waals surface area contributed by atoms with E-state index in [1.54, 1.807) is 0 Å². The van der Waals surface area contributed by atoms with Crippen LogP contribution in [0.1, 0.15) is 42.4 Å². The highest BCUT2D eigenvalue weighted by Gasteiger charge is 2.27. The number of likely N-dealkylation sites (tertiary alicyclic amines) is 1. The summed E-state index contributed by atoms with van der Waals surface area (Å²) in [5.74, 6) is 0.522. The highest BCUT2D eigenvalue weighted by atomic mass is 15.2. The molecule has 2 heteroatoms. The molecule has 100 valence electrons. The third-order valence-corrected chi connectivity index (χ3v) is 4.34. The van der Waals surface area contributed by atoms with Gasteiger partial charge in [0.15, 0.2) is 0 Å². The van der Waals surface area contributed by atoms with Gasteiger partial charge in [-0.3, -0.25) is 4.90 Å². The Morgan fingerprint density at radius 2 is 1.89 bits per heavy atom. The van der Waals surface area contributed by atoms with Crippen molar-refractivity contribution < 1.29 is 0 Å². The molecule has 0 radical (unpaired) electrons. The zero-order valence-electron chi connectivity index (χ0n) is 11.9. The van der Waals surface area contributed by atoms with Gasteiger partial charge in [-0.2, -0.15) is 0 Å². The molecular weight excluding hydrogens is 220 g/mol. The summed E-state index contributed by atoms with van der Waals surface area (Å²) in [5, 5.41) is 0. The first-order valence-corrected chi connectivity index (χ1v) is 7.14. The molecule has 1 saturated heterocycles. The minimum Gasteiger partial charge on any atom is -0.329 e. The SMILES string of the molecule is Cc1ccc(C(C)C(CN)N2CCCC2)c(C)c1. The molecule has 1 aliphatic heterocycles. The van der Waals surface area contributed by atoms with E-state index in [-0.39, 0.29) is 0 Å². The lowest BCUT2D eigenvalue weighted by Crippen LogP contribution is -2.42. The van der Waals surface area contributed by atoms with Gasteiger partial charge in [-0.15, -0.1) is 0 Å². The predicted octanol–water partition coefficient (Wildman–Crippen LogP) is 2.83. The Labute approximate surface area is 111 Å². The van der Waals surface area contributed by atoms with E-state index in [9.17, 15) is 0 Å². The lowest BCUT2D eigenvalue weighted by Gasteiger charge is -2.32. The maximum Gasteiger partial charge on any atom is 0.0284 e. The highest BCUT2D eigenvalue weighted by Crippen LogP contribution is 2.28. The highest BCUT2D eigenvalue weighted by molar-refractivity contribution is 5.33. The first kappa shape index (κ1) is 13.6. The first-order valence-electron chi connectivity index (χ1n) is 7.14. The van der Waals surface area contributed by atoms with Crippen molar-refractivity contribution in [1.29, 1.82) is 0 Å². The lowest BCUT2D eigenvalue weighted by atomic mass is 9.88. The first-order chi connectivity index (χ1) is 8.63. The molecule has 0 amide bonds. The van der Waals surface area contributed by atoms with Crippen LogP contribution in [-0.4, -0.2) is 30.6 Å². The van der Waals surface area contributed by atoms with Crippen LogP contribution in [0.3, 0.4) is 0 Å². The molecule has 1 heterocycles. The topological polar surface area (TPSA) is 29.3 Å². The quantitative estimate of drug-likeness (QED) is 0.885. The molecule has 1 aromatic carbocycles. The molecule has 0 bridgehead atoms. The maximum atomic E-state index is 6.03. The van der Waals surface area contributed by atoms with Gasteiger partial charge >= 0.3 is 0 Å². The monoisotopic (exact) mass is 246 g/mol. The van der Waals surface area contributed by atoms with E-state index in [0.717, 1.165) is 6.54 Å². The fraction of sp³-hybridized carbons (Fsp3) is 0.625. The molecular formula is C16H26N2. The molecule has 0 aromatic heterocycles. The van der Waals surface area contributed by atoms with Gasteiger partial charge in [0.2, 0.25) is 0 Å². The lowest BCUT2D eigenvalue weighted by molar-refractivity contribution is 0.221. The largest absolute Gasteiger partial charge is 0.329 e. The summed E-state index contributed by atoms with van der Waals surface area (Å²) in [7, 11) is 0. The third-order valence-electron chi connectivity index (χ3n) is 4.34. The van der Waals surface area contributed by atoms with Crippen LogP contribution in [0.15, 0.2) is 18.2 Å². The van der Waals surface area contributed by atoms with Crippen molar-refractivity contribution in [1.82, 2.24) is 4.90 Å². The average molecular weight is 246 g/mol. The van der Waals surface area contributed by atoms with Crippen molar-refractivity contribution in [2.75, 3.05) is 19.6 Å². The smallest absolute Gasteiger partial charge is 0.0284 e. The van der Waals surface area contributed by atoms with Gasteiger partial charge in [0.25, 0.3) is 0 Å². The maximum absolute atomic E-state index is 6.03. The van der Waals surface area contributed by atoms with Crippen LogP contribution >= 0.6 is 0 Å². The van der Waals surface area contributed by atoms with Crippen LogP contribution < -0.4 is 5.73 Å². The number of aryl methyl sites for hydroxylation is 2. The van der Waals surface area contributed by atoms with E-state index in [0.29, 0.717) is 12.0 Å². The van der Waals surface area contributed by atoms with Crippen LogP contribution in [-0.2, 0) is 0 Å². The molecule has 2 rings (SSSR count). The van der Waals surface area contributed by atoms with Crippen molar-refractivity contribution in [3.05, 3.63) is 34.9 Å². The van der Waals surface area contributed by atoms with Gasteiger partial charge in [-0.1, -0.05) is 30.7 Å². The summed E-state index contributed by atoms with van der Waals surface area (Å²) in [5.41, 5.74) is 10.2. The Morgan fingerprint density at radius 1 is 1.22 bits per heavy atom. The normalized spacial score (nSPS) is 20.0. The van der Waals surface area contributed by atoms with Crippen LogP contribution in [0, 0.1) is 13.8 Å². The van der Waals surface area contributed by atoms with Crippen LogP contribution in [0.4, 0.5) is 0 Å². The van der Waals surface area contributed by atoms with Gasteiger partial charge in [0.1, 0.15) is 0 Å². The molecule has 2 atom stereocenters. The Kier molecular flexibility index (Phi) is 4.41. The molecule has 2 unspecified atom stereocenters. The van der Waals surface area contributed by atoms with Crippen LogP contribution in [0.2, 0.25) is 0 Å². The molecule has 0 saturated carbocycles. The second-order valence-corrected chi connectivity index (χ2v) is 5.69.